The van der Waals surface area contributed by atoms with E-state index in [4.69, 9.17) is 16.3 Å². The molecule has 0 aliphatic rings. The fourth-order valence-electron chi connectivity index (χ4n) is 2.94. The van der Waals surface area contributed by atoms with Gasteiger partial charge < -0.3 is 10.1 Å². The number of hydrogen-bond acceptors (Lipinski definition) is 6. The van der Waals surface area contributed by atoms with Crippen LogP contribution in [0.15, 0.2) is 70.7 Å². The molecule has 2 aromatic carbocycles. The first kappa shape index (κ1) is 21.0. The second-order valence-corrected chi connectivity index (χ2v) is 7.93. The van der Waals surface area contributed by atoms with Gasteiger partial charge in [-0.1, -0.05) is 47.6 Å². The van der Waals surface area contributed by atoms with Crippen LogP contribution in [0.5, 0.6) is 5.75 Å². The Morgan fingerprint density at radius 2 is 1.97 bits per heavy atom. The number of nitrogens with one attached hydrogen (secondary N) is 1. The lowest BCUT2D eigenvalue weighted by Gasteiger charge is -2.09. The van der Waals surface area contributed by atoms with E-state index >= 15 is 0 Å². The molecule has 0 saturated heterocycles. The fourth-order valence-corrected chi connectivity index (χ4v) is 3.96. The minimum absolute atomic E-state index is 0.236. The highest BCUT2D eigenvalue weighted by Gasteiger charge is 2.15. The Labute approximate surface area is 186 Å². The minimum atomic E-state index is -0.416. The summed E-state index contributed by atoms with van der Waals surface area (Å²) >= 11 is 7.38. The summed E-state index contributed by atoms with van der Waals surface area (Å²) in [5.74, 6) is 0.778. The van der Waals surface area contributed by atoms with Gasteiger partial charge in [0.2, 0.25) is 5.91 Å². The van der Waals surface area contributed by atoms with Gasteiger partial charge in [-0.3, -0.25) is 4.79 Å². The van der Waals surface area contributed by atoms with E-state index in [2.05, 4.69) is 15.4 Å². The van der Waals surface area contributed by atoms with E-state index in [0.717, 1.165) is 10.2 Å². The van der Waals surface area contributed by atoms with Gasteiger partial charge in [-0.05, 0) is 29.8 Å². The Balaban J connectivity index is 1.53. The molecule has 4 rings (SSSR count). The summed E-state index contributed by atoms with van der Waals surface area (Å²) in [7, 11) is 1.52. The number of hydrogen-bond donors (Lipinski definition) is 1. The maximum absolute atomic E-state index is 12.7. The number of nitrogens with zero attached hydrogens (tertiary/aromatic N) is 4. The molecule has 10 heteroatoms. The zero-order valence-corrected chi connectivity index (χ0v) is 18.1. The van der Waals surface area contributed by atoms with E-state index in [0.29, 0.717) is 32.9 Å². The van der Waals surface area contributed by atoms with E-state index in [1.54, 1.807) is 30.5 Å². The number of methoxy groups -OCH3 is 1. The van der Waals surface area contributed by atoms with Gasteiger partial charge in [0.1, 0.15) is 17.3 Å². The van der Waals surface area contributed by atoms with Crippen LogP contribution in [0.25, 0.3) is 5.65 Å². The SMILES string of the molecule is COc1ccccc1NC(=O)Cn1nc2c(SCc3ccc(Cl)cc3)nccn2c1=O. The van der Waals surface area contributed by atoms with Gasteiger partial charge in [-0.2, -0.15) is 0 Å². The van der Waals surface area contributed by atoms with Crippen LogP contribution in [0.4, 0.5) is 5.69 Å². The summed E-state index contributed by atoms with van der Waals surface area (Å²) in [5.41, 5.74) is 1.57. The minimum Gasteiger partial charge on any atom is -0.495 e. The van der Waals surface area contributed by atoms with Crippen molar-refractivity contribution in [1.29, 1.82) is 0 Å². The standard InChI is InChI=1S/C21H18ClN5O3S/c1-30-17-5-3-2-4-16(17)24-18(28)12-27-21(29)26-11-10-23-20(19(26)25-27)31-13-14-6-8-15(22)9-7-14/h2-11H,12-13H2,1H3,(H,24,28). The number of amides is 1. The molecule has 0 fully saturated rings. The normalized spacial score (nSPS) is 10.9. The van der Waals surface area contributed by atoms with E-state index in [9.17, 15) is 9.59 Å². The number of carbonyl (C=O) groups excluding carboxylic acids is 1. The van der Waals surface area contributed by atoms with Gasteiger partial charge in [0.25, 0.3) is 0 Å². The number of ether oxygens (including phenoxy) is 1. The first-order chi connectivity index (χ1) is 15.0. The summed E-state index contributed by atoms with van der Waals surface area (Å²) in [6.07, 6.45) is 3.07. The fraction of sp³-hybridized carbons (Fsp3) is 0.143. The number of halogens is 1. The Kier molecular flexibility index (Phi) is 6.24. The number of fused-ring (bicyclic) bond motifs is 1. The highest BCUT2D eigenvalue weighted by atomic mass is 35.5. The number of benzene rings is 2. The van der Waals surface area contributed by atoms with Crippen LogP contribution in [-0.2, 0) is 17.1 Å². The number of para-hydroxylation sites is 2. The molecule has 0 atom stereocenters. The molecule has 1 N–H and O–H groups in total. The van der Waals surface area contributed by atoms with Gasteiger partial charge in [-0.25, -0.2) is 18.9 Å². The Morgan fingerprint density at radius 1 is 1.19 bits per heavy atom. The first-order valence-electron chi connectivity index (χ1n) is 9.29. The second-order valence-electron chi connectivity index (χ2n) is 6.53. The summed E-state index contributed by atoms with van der Waals surface area (Å²) in [5, 5.41) is 8.34. The summed E-state index contributed by atoms with van der Waals surface area (Å²) in [6, 6.07) is 14.6. The highest BCUT2D eigenvalue weighted by molar-refractivity contribution is 7.98. The van der Waals surface area contributed by atoms with Crippen molar-refractivity contribution >= 4 is 40.6 Å². The third-order valence-corrected chi connectivity index (χ3v) is 5.72. The number of thioether (sulfide) groups is 1. The highest BCUT2D eigenvalue weighted by Crippen LogP contribution is 2.25. The van der Waals surface area contributed by atoms with Crippen molar-refractivity contribution in [2.45, 2.75) is 17.3 Å². The summed E-state index contributed by atoms with van der Waals surface area (Å²) in [6.45, 7) is -0.236. The monoisotopic (exact) mass is 455 g/mol. The summed E-state index contributed by atoms with van der Waals surface area (Å²) < 4.78 is 7.73. The van der Waals surface area contributed by atoms with Crippen molar-refractivity contribution in [1.82, 2.24) is 19.2 Å². The molecule has 31 heavy (non-hydrogen) atoms. The quantitative estimate of drug-likeness (QED) is 0.429. The molecule has 2 heterocycles. The lowest BCUT2D eigenvalue weighted by Crippen LogP contribution is -2.28. The molecule has 0 aliphatic carbocycles. The maximum Gasteiger partial charge on any atom is 0.350 e. The molecule has 8 nitrogen and oxygen atoms in total. The molecule has 0 unspecified atom stereocenters. The van der Waals surface area contributed by atoms with Crippen molar-refractivity contribution in [3.8, 4) is 5.75 Å². The molecule has 0 saturated carbocycles. The zero-order chi connectivity index (χ0) is 21.8. The van der Waals surface area contributed by atoms with Crippen LogP contribution in [0.3, 0.4) is 0 Å². The third kappa shape index (κ3) is 4.73. The lowest BCUT2D eigenvalue weighted by atomic mass is 10.2. The van der Waals surface area contributed by atoms with Gasteiger partial charge in [-0.15, -0.1) is 5.10 Å². The topological polar surface area (TPSA) is 90.5 Å². The lowest BCUT2D eigenvalue weighted by molar-refractivity contribution is -0.117. The number of rotatable bonds is 7. The van der Waals surface area contributed by atoms with E-state index < -0.39 is 11.6 Å². The van der Waals surface area contributed by atoms with E-state index in [1.807, 2.05) is 24.3 Å². The van der Waals surface area contributed by atoms with Crippen LogP contribution in [0, 0.1) is 0 Å². The van der Waals surface area contributed by atoms with Crippen LogP contribution in [0.1, 0.15) is 5.56 Å². The number of aromatic nitrogens is 4. The molecule has 4 aromatic rings. The predicted octanol–water partition coefficient (Wildman–Crippen LogP) is 3.48. The molecular weight excluding hydrogens is 438 g/mol. The predicted molar refractivity (Wildman–Crippen MR) is 120 cm³/mol. The van der Waals surface area contributed by atoms with E-state index in [1.165, 1.54) is 29.5 Å². The Morgan fingerprint density at radius 3 is 2.74 bits per heavy atom. The molecule has 0 bridgehead atoms. The molecule has 0 aliphatic heterocycles. The average molecular weight is 456 g/mol. The summed E-state index contributed by atoms with van der Waals surface area (Å²) in [4.78, 5) is 29.6. The zero-order valence-electron chi connectivity index (χ0n) is 16.5. The molecular formula is C21H18ClN5O3S. The first-order valence-corrected chi connectivity index (χ1v) is 10.7. The van der Waals surface area contributed by atoms with Crippen LogP contribution < -0.4 is 15.7 Å². The van der Waals surface area contributed by atoms with Crippen LogP contribution in [0.2, 0.25) is 5.02 Å². The molecule has 2 aromatic heterocycles. The van der Waals surface area contributed by atoms with Crippen molar-refractivity contribution in [3.63, 3.8) is 0 Å². The van der Waals surface area contributed by atoms with Crippen LogP contribution >= 0.6 is 23.4 Å². The molecule has 0 radical (unpaired) electrons. The van der Waals surface area contributed by atoms with Crippen molar-refractivity contribution in [2.24, 2.45) is 0 Å². The Bertz CT molecular complexity index is 1290. The Hall–Kier alpha value is -3.30. The van der Waals surface area contributed by atoms with Gasteiger partial charge >= 0.3 is 5.69 Å². The second kappa shape index (κ2) is 9.23. The molecule has 158 valence electrons. The van der Waals surface area contributed by atoms with Crippen LogP contribution in [-0.4, -0.2) is 32.2 Å². The van der Waals surface area contributed by atoms with Gasteiger partial charge in [0, 0.05) is 23.2 Å². The molecule has 0 spiro atoms. The van der Waals surface area contributed by atoms with Gasteiger partial charge in [0.15, 0.2) is 5.65 Å². The maximum atomic E-state index is 12.7. The number of carbonyl (C=O) groups is 1. The molecule has 1 amide bonds. The average Bonchev–Trinajstić information content (AvgIpc) is 3.09. The van der Waals surface area contributed by atoms with E-state index in [-0.39, 0.29) is 6.54 Å². The largest absolute Gasteiger partial charge is 0.495 e. The number of anilines is 1. The smallest absolute Gasteiger partial charge is 0.350 e. The van der Waals surface area contributed by atoms with Gasteiger partial charge in [0.05, 0.1) is 12.8 Å². The van der Waals surface area contributed by atoms with Crippen molar-refractivity contribution in [3.05, 3.63) is 82.0 Å². The van der Waals surface area contributed by atoms with Crippen molar-refractivity contribution in [2.75, 3.05) is 12.4 Å². The third-order valence-electron chi connectivity index (χ3n) is 4.43. The van der Waals surface area contributed by atoms with Crippen molar-refractivity contribution < 1.29 is 9.53 Å².